The Bertz CT molecular complexity index is 1680. The van der Waals surface area contributed by atoms with E-state index in [0.717, 1.165) is 50.2 Å². The van der Waals surface area contributed by atoms with Gasteiger partial charge in [0.05, 0.1) is 13.2 Å². The molecule has 3 aromatic carbocycles. The fourth-order valence-corrected chi connectivity index (χ4v) is 5.97. The van der Waals surface area contributed by atoms with Crippen molar-refractivity contribution in [2.75, 3.05) is 6.61 Å². The Kier molecular flexibility index (Phi) is 12.5. The molecule has 0 fully saturated rings. The molecular weight excluding hydrogens is 677 g/mol. The third-order valence-corrected chi connectivity index (χ3v) is 8.99. The van der Waals surface area contributed by atoms with Crippen molar-refractivity contribution in [1.29, 1.82) is 0 Å². The summed E-state index contributed by atoms with van der Waals surface area (Å²) in [5.41, 5.74) is 4.15. The van der Waals surface area contributed by atoms with Crippen molar-refractivity contribution in [3.05, 3.63) is 104 Å². The number of unbranched alkanes of at least 4 members (excludes halogenated alkanes) is 9. The summed E-state index contributed by atoms with van der Waals surface area (Å²) >= 11 is 2.31. The highest BCUT2D eigenvalue weighted by Gasteiger charge is 2.13. The second kappa shape index (κ2) is 17.1. The van der Waals surface area contributed by atoms with Gasteiger partial charge in [0.25, 0.3) is 0 Å². The standard InChI is InChI=1S/C37H42IN3O4/c1-2-3-4-5-6-7-8-9-10-11-24-43-32-20-14-28(15-21-32)26-41-37(38)36(39-40-41)31-16-12-29(13-17-31)27-44-33-22-18-30-19-23-35(42)45-34(30)25-33/h12-23,25H,2-11,24,26-27H2,1H3. The van der Waals surface area contributed by atoms with Gasteiger partial charge >= 0.3 is 5.63 Å². The van der Waals surface area contributed by atoms with Crippen LogP contribution in [0.1, 0.15) is 82.3 Å². The molecule has 0 saturated carbocycles. The van der Waals surface area contributed by atoms with Crippen LogP contribution in [0.2, 0.25) is 0 Å². The Labute approximate surface area is 279 Å². The van der Waals surface area contributed by atoms with Gasteiger partial charge in [-0.1, -0.05) is 106 Å². The Morgan fingerprint density at radius 1 is 0.733 bits per heavy atom. The molecule has 0 amide bonds. The van der Waals surface area contributed by atoms with Crippen molar-refractivity contribution in [3.63, 3.8) is 0 Å². The van der Waals surface area contributed by atoms with Crippen molar-refractivity contribution in [3.8, 4) is 22.8 Å². The van der Waals surface area contributed by atoms with Crippen LogP contribution in [-0.2, 0) is 13.2 Å². The lowest BCUT2D eigenvalue weighted by Crippen LogP contribution is -2.04. The summed E-state index contributed by atoms with van der Waals surface area (Å²) in [6, 6.07) is 25.1. The summed E-state index contributed by atoms with van der Waals surface area (Å²) in [6.45, 7) is 4.08. The van der Waals surface area contributed by atoms with Crippen molar-refractivity contribution < 1.29 is 13.9 Å². The van der Waals surface area contributed by atoms with Gasteiger partial charge in [0, 0.05) is 23.1 Å². The first-order chi connectivity index (χ1) is 22.1. The molecule has 0 aliphatic heterocycles. The van der Waals surface area contributed by atoms with Gasteiger partial charge in [-0.15, -0.1) is 5.10 Å². The van der Waals surface area contributed by atoms with E-state index in [0.29, 0.717) is 24.5 Å². The van der Waals surface area contributed by atoms with Crippen LogP contribution in [0.3, 0.4) is 0 Å². The Balaban J connectivity index is 1.05. The van der Waals surface area contributed by atoms with E-state index in [9.17, 15) is 4.79 Å². The van der Waals surface area contributed by atoms with E-state index in [1.807, 2.05) is 53.2 Å². The van der Waals surface area contributed by atoms with Gasteiger partial charge in [-0.2, -0.15) is 0 Å². The SMILES string of the molecule is CCCCCCCCCCCCOc1ccc(Cn2nnc(-c3ccc(COc4ccc5ccc(=O)oc5c4)cc3)c2I)cc1. The van der Waals surface area contributed by atoms with E-state index >= 15 is 0 Å². The smallest absolute Gasteiger partial charge is 0.336 e. The maximum atomic E-state index is 11.5. The minimum atomic E-state index is -0.376. The Morgan fingerprint density at radius 2 is 1.38 bits per heavy atom. The largest absolute Gasteiger partial charge is 0.494 e. The number of rotatable bonds is 18. The molecule has 2 aromatic heterocycles. The number of hydrogen-bond donors (Lipinski definition) is 0. The Hall–Kier alpha value is -3.66. The van der Waals surface area contributed by atoms with Crippen LogP contribution in [0.15, 0.2) is 88.1 Å². The number of benzene rings is 3. The third kappa shape index (κ3) is 9.91. The number of nitrogens with zero attached hydrogens (tertiary/aromatic N) is 3. The predicted octanol–water partition coefficient (Wildman–Crippen LogP) is 9.58. The minimum Gasteiger partial charge on any atom is -0.494 e. The first-order valence-electron chi connectivity index (χ1n) is 16.2. The van der Waals surface area contributed by atoms with Crippen LogP contribution in [0.25, 0.3) is 22.2 Å². The average Bonchev–Trinajstić information content (AvgIpc) is 3.42. The molecule has 7 nitrogen and oxygen atoms in total. The monoisotopic (exact) mass is 719 g/mol. The normalized spacial score (nSPS) is 11.2. The molecule has 45 heavy (non-hydrogen) atoms. The number of ether oxygens (including phenoxy) is 2. The quantitative estimate of drug-likeness (QED) is 0.0510. The molecular formula is C37H42IN3O4. The van der Waals surface area contributed by atoms with Crippen LogP contribution in [0, 0.1) is 3.70 Å². The first kappa shape index (κ1) is 32.7. The molecule has 236 valence electrons. The maximum absolute atomic E-state index is 11.5. The summed E-state index contributed by atoms with van der Waals surface area (Å²) in [4.78, 5) is 11.5. The molecule has 0 aliphatic rings. The van der Waals surface area contributed by atoms with E-state index in [2.05, 4.69) is 52.0 Å². The molecule has 0 N–H and O–H groups in total. The van der Waals surface area contributed by atoms with Gasteiger partial charge in [-0.3, -0.25) is 0 Å². The van der Waals surface area contributed by atoms with E-state index in [1.165, 1.54) is 63.9 Å². The molecule has 5 aromatic rings. The lowest BCUT2D eigenvalue weighted by atomic mass is 10.1. The molecule has 0 saturated heterocycles. The average molecular weight is 720 g/mol. The van der Waals surface area contributed by atoms with Gasteiger partial charge in [0.1, 0.15) is 33.1 Å². The molecule has 0 unspecified atom stereocenters. The van der Waals surface area contributed by atoms with Crippen molar-refractivity contribution in [2.24, 2.45) is 0 Å². The van der Waals surface area contributed by atoms with E-state index < -0.39 is 0 Å². The van der Waals surface area contributed by atoms with Crippen LogP contribution < -0.4 is 15.1 Å². The molecule has 0 atom stereocenters. The van der Waals surface area contributed by atoms with E-state index in [1.54, 1.807) is 12.1 Å². The van der Waals surface area contributed by atoms with Crippen LogP contribution in [-0.4, -0.2) is 21.6 Å². The lowest BCUT2D eigenvalue weighted by Gasteiger charge is -2.08. The summed E-state index contributed by atoms with van der Waals surface area (Å²) in [5, 5.41) is 9.74. The summed E-state index contributed by atoms with van der Waals surface area (Å²) in [7, 11) is 0. The zero-order valence-electron chi connectivity index (χ0n) is 26.1. The van der Waals surface area contributed by atoms with Crippen LogP contribution >= 0.6 is 22.6 Å². The van der Waals surface area contributed by atoms with Crippen molar-refractivity contribution in [1.82, 2.24) is 15.0 Å². The van der Waals surface area contributed by atoms with Gasteiger partial charge < -0.3 is 13.9 Å². The molecule has 8 heteroatoms. The van der Waals surface area contributed by atoms with Gasteiger partial charge in [-0.25, -0.2) is 9.48 Å². The van der Waals surface area contributed by atoms with E-state index in [-0.39, 0.29) is 5.63 Å². The lowest BCUT2D eigenvalue weighted by molar-refractivity contribution is 0.304. The zero-order valence-corrected chi connectivity index (χ0v) is 28.2. The summed E-state index contributed by atoms with van der Waals surface area (Å²) in [6.07, 6.45) is 13.3. The predicted molar refractivity (Wildman–Crippen MR) is 188 cm³/mol. The van der Waals surface area contributed by atoms with Crippen molar-refractivity contribution in [2.45, 2.75) is 84.3 Å². The van der Waals surface area contributed by atoms with Crippen molar-refractivity contribution >= 4 is 33.6 Å². The zero-order chi connectivity index (χ0) is 31.3. The topological polar surface area (TPSA) is 79.4 Å². The van der Waals surface area contributed by atoms with E-state index in [4.69, 9.17) is 13.9 Å². The maximum Gasteiger partial charge on any atom is 0.336 e. The molecule has 0 aliphatic carbocycles. The number of halogens is 1. The highest BCUT2D eigenvalue weighted by atomic mass is 127. The van der Waals surface area contributed by atoms with Gasteiger partial charge in [0.15, 0.2) is 0 Å². The summed E-state index contributed by atoms with van der Waals surface area (Å²) < 4.78 is 20.1. The molecule has 2 heterocycles. The highest BCUT2D eigenvalue weighted by Crippen LogP contribution is 2.25. The molecule has 5 rings (SSSR count). The Morgan fingerprint density at radius 3 is 2.11 bits per heavy atom. The summed E-state index contributed by atoms with van der Waals surface area (Å²) in [5.74, 6) is 1.56. The molecule has 0 radical (unpaired) electrons. The first-order valence-corrected chi connectivity index (χ1v) is 17.2. The molecule has 0 bridgehead atoms. The fourth-order valence-electron chi connectivity index (χ4n) is 5.28. The number of aromatic nitrogens is 3. The fraction of sp³-hybridized carbons (Fsp3) is 0.378. The van der Waals surface area contributed by atoms with Crippen LogP contribution in [0.5, 0.6) is 11.5 Å². The second-order valence-electron chi connectivity index (χ2n) is 11.5. The molecule has 0 spiro atoms. The second-order valence-corrected chi connectivity index (χ2v) is 12.5. The number of fused-ring (bicyclic) bond motifs is 1. The van der Waals surface area contributed by atoms with Crippen LogP contribution in [0.4, 0.5) is 0 Å². The third-order valence-electron chi connectivity index (χ3n) is 7.92. The minimum absolute atomic E-state index is 0.376. The van der Waals surface area contributed by atoms with Gasteiger partial charge in [-0.05, 0) is 70.5 Å². The van der Waals surface area contributed by atoms with Gasteiger partial charge in [0.2, 0.25) is 0 Å². The number of hydrogen-bond acceptors (Lipinski definition) is 6. The highest BCUT2D eigenvalue weighted by molar-refractivity contribution is 14.1.